The van der Waals surface area contributed by atoms with Crippen LogP contribution in [0.4, 0.5) is 0 Å². The lowest BCUT2D eigenvalue weighted by molar-refractivity contribution is -0.112. The third kappa shape index (κ3) is 5.73. The summed E-state index contributed by atoms with van der Waals surface area (Å²) < 4.78 is 0. The second-order valence-corrected chi connectivity index (χ2v) is 6.93. The topological polar surface area (TPSA) is 74.6 Å². The van der Waals surface area contributed by atoms with Gasteiger partial charge in [-0.25, -0.2) is 0 Å². The standard InChI is InChI=1S/2C11H14O2/c1-8(2)11(7-12)9-3-5-10(13)6-4-9;1-3-11(2,8-12)9-4-6-10(13)7-5-9/h3-8,11,13H,1-2H3;4-8,13H,3H2,1-2H3. The fraction of sp³-hybridized carbons (Fsp3) is 0.364. The molecule has 2 aromatic rings. The van der Waals surface area contributed by atoms with Crippen molar-refractivity contribution in [1.82, 2.24) is 0 Å². The van der Waals surface area contributed by atoms with Gasteiger partial charge in [0.15, 0.2) is 0 Å². The van der Waals surface area contributed by atoms with Gasteiger partial charge < -0.3 is 19.8 Å². The van der Waals surface area contributed by atoms with Crippen molar-refractivity contribution in [2.45, 2.75) is 45.4 Å². The van der Waals surface area contributed by atoms with E-state index in [1.165, 1.54) is 0 Å². The zero-order valence-electron chi connectivity index (χ0n) is 15.8. The maximum Gasteiger partial charge on any atom is 0.130 e. The second-order valence-electron chi connectivity index (χ2n) is 6.93. The highest BCUT2D eigenvalue weighted by Gasteiger charge is 2.23. The zero-order valence-corrected chi connectivity index (χ0v) is 15.8. The molecule has 2 aromatic carbocycles. The molecule has 140 valence electrons. The van der Waals surface area contributed by atoms with Gasteiger partial charge in [-0.15, -0.1) is 0 Å². The Morgan fingerprint density at radius 3 is 1.73 bits per heavy atom. The van der Waals surface area contributed by atoms with Gasteiger partial charge in [0.25, 0.3) is 0 Å². The fourth-order valence-corrected chi connectivity index (χ4v) is 2.51. The number of carbonyl (C=O) groups excluding carboxylic acids is 2. The molecular weight excluding hydrogens is 328 g/mol. The van der Waals surface area contributed by atoms with Crippen LogP contribution in [0.15, 0.2) is 48.5 Å². The molecule has 2 atom stereocenters. The number of benzene rings is 2. The highest BCUT2D eigenvalue weighted by atomic mass is 16.3. The quantitative estimate of drug-likeness (QED) is 0.742. The first kappa shape index (κ1) is 21.4. The summed E-state index contributed by atoms with van der Waals surface area (Å²) in [6.45, 7) is 7.88. The number of phenols is 2. The predicted octanol–water partition coefficient (Wildman–Crippen LogP) is 4.59. The van der Waals surface area contributed by atoms with E-state index in [0.717, 1.165) is 30.1 Å². The minimum atomic E-state index is -0.423. The summed E-state index contributed by atoms with van der Waals surface area (Å²) in [7, 11) is 0. The lowest BCUT2D eigenvalue weighted by Crippen LogP contribution is -2.22. The lowest BCUT2D eigenvalue weighted by Gasteiger charge is -2.21. The molecule has 26 heavy (non-hydrogen) atoms. The van der Waals surface area contributed by atoms with Gasteiger partial charge in [0.2, 0.25) is 0 Å². The van der Waals surface area contributed by atoms with Crippen molar-refractivity contribution < 1.29 is 19.8 Å². The third-order valence-electron chi connectivity index (χ3n) is 4.66. The summed E-state index contributed by atoms with van der Waals surface area (Å²) >= 11 is 0. The number of aromatic hydroxyl groups is 2. The highest BCUT2D eigenvalue weighted by Crippen LogP contribution is 2.26. The zero-order chi connectivity index (χ0) is 19.7. The summed E-state index contributed by atoms with van der Waals surface area (Å²) in [6.07, 6.45) is 2.68. The predicted molar refractivity (Wildman–Crippen MR) is 104 cm³/mol. The summed E-state index contributed by atoms with van der Waals surface area (Å²) in [5, 5.41) is 18.1. The summed E-state index contributed by atoms with van der Waals surface area (Å²) in [4.78, 5) is 21.7. The molecule has 0 aromatic heterocycles. The Bertz CT molecular complexity index is 689. The molecule has 2 unspecified atom stereocenters. The molecule has 0 aliphatic carbocycles. The molecule has 0 saturated heterocycles. The van der Waals surface area contributed by atoms with Gasteiger partial charge in [0.1, 0.15) is 24.1 Å². The van der Waals surface area contributed by atoms with Gasteiger partial charge in [-0.3, -0.25) is 0 Å². The molecule has 0 amide bonds. The Kier molecular flexibility index (Phi) is 8.04. The van der Waals surface area contributed by atoms with Gasteiger partial charge in [0.05, 0.1) is 0 Å². The van der Waals surface area contributed by atoms with Crippen LogP contribution in [0.1, 0.15) is 51.2 Å². The van der Waals surface area contributed by atoms with Crippen LogP contribution >= 0.6 is 0 Å². The van der Waals surface area contributed by atoms with Crippen molar-refractivity contribution in [3.8, 4) is 11.5 Å². The Morgan fingerprint density at radius 2 is 1.38 bits per heavy atom. The van der Waals surface area contributed by atoms with E-state index >= 15 is 0 Å². The van der Waals surface area contributed by atoms with E-state index in [-0.39, 0.29) is 17.4 Å². The van der Waals surface area contributed by atoms with E-state index in [1.54, 1.807) is 48.5 Å². The van der Waals surface area contributed by atoms with Crippen LogP contribution in [0.5, 0.6) is 11.5 Å². The number of aldehydes is 2. The molecule has 4 heteroatoms. The van der Waals surface area contributed by atoms with E-state index in [4.69, 9.17) is 10.2 Å². The fourth-order valence-electron chi connectivity index (χ4n) is 2.51. The first-order valence-corrected chi connectivity index (χ1v) is 8.77. The largest absolute Gasteiger partial charge is 0.508 e. The molecule has 0 bridgehead atoms. The molecule has 0 fully saturated rings. The normalized spacial score (nSPS) is 13.9. The lowest BCUT2D eigenvalue weighted by atomic mass is 9.82. The van der Waals surface area contributed by atoms with E-state index < -0.39 is 5.41 Å². The first-order valence-electron chi connectivity index (χ1n) is 8.77. The Morgan fingerprint density at radius 1 is 0.923 bits per heavy atom. The van der Waals surface area contributed by atoms with Crippen molar-refractivity contribution in [2.75, 3.05) is 0 Å². The minimum absolute atomic E-state index is 0.0689. The monoisotopic (exact) mass is 356 g/mol. The second kappa shape index (κ2) is 9.76. The molecule has 0 aliphatic rings. The average Bonchev–Trinajstić information content (AvgIpc) is 2.64. The van der Waals surface area contributed by atoms with Crippen LogP contribution < -0.4 is 0 Å². The van der Waals surface area contributed by atoms with Gasteiger partial charge >= 0.3 is 0 Å². The molecule has 2 rings (SSSR count). The molecule has 2 N–H and O–H groups in total. The van der Waals surface area contributed by atoms with Crippen LogP contribution in [-0.2, 0) is 15.0 Å². The Labute approximate surface area is 155 Å². The van der Waals surface area contributed by atoms with E-state index in [9.17, 15) is 9.59 Å². The van der Waals surface area contributed by atoms with Crippen molar-refractivity contribution in [1.29, 1.82) is 0 Å². The van der Waals surface area contributed by atoms with Crippen LogP contribution in [0.3, 0.4) is 0 Å². The maximum absolute atomic E-state index is 10.9. The van der Waals surface area contributed by atoms with Crippen LogP contribution in [-0.4, -0.2) is 22.8 Å². The van der Waals surface area contributed by atoms with Crippen molar-refractivity contribution in [3.63, 3.8) is 0 Å². The number of rotatable bonds is 6. The van der Waals surface area contributed by atoms with Crippen LogP contribution in [0.2, 0.25) is 0 Å². The third-order valence-corrected chi connectivity index (χ3v) is 4.66. The van der Waals surface area contributed by atoms with Crippen molar-refractivity contribution in [3.05, 3.63) is 59.7 Å². The SMILES string of the molecule is CC(C)C(C=O)c1ccc(O)cc1.CCC(C)(C=O)c1ccc(O)cc1. The number of hydrogen-bond donors (Lipinski definition) is 2. The number of phenolic OH excluding ortho intramolecular Hbond substituents is 2. The number of carbonyl (C=O) groups is 2. The Balaban J connectivity index is 0.000000260. The molecule has 0 saturated carbocycles. The van der Waals surface area contributed by atoms with Crippen molar-refractivity contribution in [2.24, 2.45) is 5.92 Å². The maximum atomic E-state index is 10.9. The average molecular weight is 356 g/mol. The van der Waals surface area contributed by atoms with E-state index in [1.807, 2.05) is 27.7 Å². The summed E-state index contributed by atoms with van der Waals surface area (Å²) in [5.41, 5.74) is 1.49. The van der Waals surface area contributed by atoms with Crippen molar-refractivity contribution >= 4 is 12.6 Å². The van der Waals surface area contributed by atoms with Crippen LogP contribution in [0, 0.1) is 5.92 Å². The van der Waals surface area contributed by atoms with E-state index in [0.29, 0.717) is 5.92 Å². The number of hydrogen-bond acceptors (Lipinski definition) is 4. The Hall–Kier alpha value is -2.62. The van der Waals surface area contributed by atoms with Gasteiger partial charge in [-0.05, 0) is 54.7 Å². The molecule has 0 heterocycles. The van der Waals surface area contributed by atoms with Crippen LogP contribution in [0.25, 0.3) is 0 Å². The summed E-state index contributed by atoms with van der Waals surface area (Å²) in [6, 6.07) is 13.6. The van der Waals surface area contributed by atoms with Gasteiger partial charge in [-0.1, -0.05) is 45.0 Å². The molecule has 0 spiro atoms. The smallest absolute Gasteiger partial charge is 0.130 e. The summed E-state index contributed by atoms with van der Waals surface area (Å²) in [5.74, 6) is 0.688. The van der Waals surface area contributed by atoms with Gasteiger partial charge in [-0.2, -0.15) is 0 Å². The minimum Gasteiger partial charge on any atom is -0.508 e. The molecular formula is C22H28O4. The molecule has 0 radical (unpaired) electrons. The van der Waals surface area contributed by atoms with E-state index in [2.05, 4.69) is 0 Å². The first-order chi connectivity index (χ1) is 12.3. The van der Waals surface area contributed by atoms with Gasteiger partial charge in [0, 0.05) is 11.3 Å². The molecule has 0 aliphatic heterocycles. The highest BCUT2D eigenvalue weighted by molar-refractivity contribution is 5.67. The molecule has 4 nitrogen and oxygen atoms in total.